The second-order valence-electron chi connectivity index (χ2n) is 7.43. The second kappa shape index (κ2) is 7.97. The standard InChI is InChI=1S/C24H20FN3OS/c25-19-8-6-18(7-9-19)20-15-30-24-22(20)23(29)26-21(27-24)14-28-12-10-17(11-13-28)16-4-2-1-3-5-16/h1-10,15H,11-14H2,(H,26,27,29). The Balaban J connectivity index is 1.37. The highest BCUT2D eigenvalue weighted by Crippen LogP contribution is 2.31. The average molecular weight is 418 g/mol. The molecule has 0 atom stereocenters. The predicted molar refractivity (Wildman–Crippen MR) is 120 cm³/mol. The van der Waals surface area contributed by atoms with E-state index in [1.54, 1.807) is 12.1 Å². The van der Waals surface area contributed by atoms with E-state index in [1.807, 2.05) is 11.4 Å². The number of halogens is 1. The number of nitrogens with zero attached hydrogens (tertiary/aromatic N) is 2. The van der Waals surface area contributed by atoms with Crippen molar-refractivity contribution in [2.24, 2.45) is 0 Å². The minimum Gasteiger partial charge on any atom is -0.309 e. The maximum atomic E-state index is 13.2. The van der Waals surface area contributed by atoms with Crippen molar-refractivity contribution in [1.29, 1.82) is 0 Å². The highest BCUT2D eigenvalue weighted by molar-refractivity contribution is 7.17. The highest BCUT2D eigenvalue weighted by atomic mass is 32.1. The van der Waals surface area contributed by atoms with Gasteiger partial charge in [0.25, 0.3) is 5.56 Å². The van der Waals surface area contributed by atoms with Crippen LogP contribution in [0.4, 0.5) is 4.39 Å². The van der Waals surface area contributed by atoms with Crippen molar-refractivity contribution in [2.75, 3.05) is 13.1 Å². The SMILES string of the molecule is O=c1[nH]c(CN2CC=C(c3ccccc3)CC2)nc2scc(-c3ccc(F)cc3)c12. The van der Waals surface area contributed by atoms with Gasteiger partial charge in [0.2, 0.25) is 0 Å². The maximum Gasteiger partial charge on any atom is 0.260 e. The zero-order valence-electron chi connectivity index (χ0n) is 16.3. The molecule has 0 saturated heterocycles. The summed E-state index contributed by atoms with van der Waals surface area (Å²) in [4.78, 5) is 23.5. The lowest BCUT2D eigenvalue weighted by atomic mass is 10.00. The first-order valence-corrected chi connectivity index (χ1v) is 10.8. The molecular weight excluding hydrogens is 397 g/mol. The molecule has 0 bridgehead atoms. The van der Waals surface area contributed by atoms with Gasteiger partial charge in [-0.1, -0.05) is 48.5 Å². The van der Waals surface area contributed by atoms with Gasteiger partial charge >= 0.3 is 0 Å². The van der Waals surface area contributed by atoms with Crippen molar-refractivity contribution in [3.63, 3.8) is 0 Å². The van der Waals surface area contributed by atoms with Gasteiger partial charge in [0.15, 0.2) is 0 Å². The number of nitrogens with one attached hydrogen (secondary N) is 1. The third kappa shape index (κ3) is 3.72. The van der Waals surface area contributed by atoms with Gasteiger partial charge in [0.1, 0.15) is 16.5 Å². The van der Waals surface area contributed by atoms with Crippen LogP contribution in [0.5, 0.6) is 0 Å². The van der Waals surface area contributed by atoms with Crippen LogP contribution in [0.15, 0.2) is 70.8 Å². The van der Waals surface area contributed by atoms with Crippen LogP contribution in [-0.2, 0) is 6.54 Å². The average Bonchev–Trinajstić information content (AvgIpc) is 3.20. The lowest BCUT2D eigenvalue weighted by Crippen LogP contribution is -2.29. The Morgan fingerprint density at radius 3 is 2.60 bits per heavy atom. The molecule has 5 rings (SSSR count). The highest BCUT2D eigenvalue weighted by Gasteiger charge is 2.17. The number of hydrogen-bond acceptors (Lipinski definition) is 4. The van der Waals surface area contributed by atoms with Crippen LogP contribution in [0.25, 0.3) is 26.9 Å². The lowest BCUT2D eigenvalue weighted by molar-refractivity contribution is 0.286. The maximum absolute atomic E-state index is 13.2. The molecule has 6 heteroatoms. The molecule has 0 amide bonds. The summed E-state index contributed by atoms with van der Waals surface area (Å²) in [5, 5.41) is 2.49. The third-order valence-electron chi connectivity index (χ3n) is 5.46. The van der Waals surface area contributed by atoms with Crippen molar-refractivity contribution < 1.29 is 4.39 Å². The predicted octanol–water partition coefficient (Wildman–Crippen LogP) is 5.08. The summed E-state index contributed by atoms with van der Waals surface area (Å²) < 4.78 is 13.2. The number of thiophene rings is 1. The van der Waals surface area contributed by atoms with Gasteiger partial charge in [-0.05, 0) is 35.3 Å². The van der Waals surface area contributed by atoms with Crippen molar-refractivity contribution in [3.05, 3.63) is 93.6 Å². The fraction of sp³-hybridized carbons (Fsp3) is 0.167. The summed E-state index contributed by atoms with van der Waals surface area (Å²) in [6.07, 6.45) is 3.23. The summed E-state index contributed by atoms with van der Waals surface area (Å²) in [7, 11) is 0. The first kappa shape index (κ1) is 18.9. The van der Waals surface area contributed by atoms with Crippen molar-refractivity contribution in [2.45, 2.75) is 13.0 Å². The van der Waals surface area contributed by atoms with Gasteiger partial charge in [-0.2, -0.15) is 0 Å². The van der Waals surface area contributed by atoms with Crippen molar-refractivity contribution in [1.82, 2.24) is 14.9 Å². The molecule has 1 aliphatic heterocycles. The molecule has 1 N–H and O–H groups in total. The van der Waals surface area contributed by atoms with E-state index in [0.717, 1.165) is 30.6 Å². The molecule has 0 aliphatic carbocycles. The molecule has 1 aliphatic rings. The van der Waals surface area contributed by atoms with Gasteiger partial charge in [-0.3, -0.25) is 9.69 Å². The third-order valence-corrected chi connectivity index (χ3v) is 6.33. The molecular formula is C24H20FN3OS. The Morgan fingerprint density at radius 2 is 1.87 bits per heavy atom. The van der Waals surface area contributed by atoms with E-state index in [9.17, 15) is 9.18 Å². The van der Waals surface area contributed by atoms with E-state index < -0.39 is 0 Å². The van der Waals surface area contributed by atoms with Gasteiger partial charge in [-0.25, -0.2) is 9.37 Å². The molecule has 30 heavy (non-hydrogen) atoms. The minimum atomic E-state index is -0.293. The van der Waals surface area contributed by atoms with Crippen LogP contribution in [-0.4, -0.2) is 28.0 Å². The van der Waals surface area contributed by atoms with E-state index in [4.69, 9.17) is 4.98 Å². The fourth-order valence-electron chi connectivity index (χ4n) is 3.89. The molecule has 0 saturated carbocycles. The second-order valence-corrected chi connectivity index (χ2v) is 8.29. The van der Waals surface area contributed by atoms with Gasteiger partial charge < -0.3 is 4.98 Å². The quantitative estimate of drug-likeness (QED) is 0.504. The Kier molecular flexibility index (Phi) is 5.02. The van der Waals surface area contributed by atoms with Gasteiger partial charge in [0.05, 0.1) is 11.9 Å². The zero-order chi connectivity index (χ0) is 20.5. The van der Waals surface area contributed by atoms with Gasteiger partial charge in [0, 0.05) is 24.0 Å². The number of rotatable bonds is 4. The largest absolute Gasteiger partial charge is 0.309 e. The lowest BCUT2D eigenvalue weighted by Gasteiger charge is -2.25. The Labute approximate surface area is 177 Å². The number of aromatic nitrogens is 2. The number of H-pyrrole nitrogens is 1. The molecule has 0 radical (unpaired) electrons. The van der Waals surface area contributed by atoms with Crippen LogP contribution >= 0.6 is 11.3 Å². The number of fused-ring (bicyclic) bond motifs is 1. The first-order valence-electron chi connectivity index (χ1n) is 9.90. The summed E-state index contributed by atoms with van der Waals surface area (Å²) in [6, 6.07) is 16.6. The summed E-state index contributed by atoms with van der Waals surface area (Å²) in [5.74, 6) is 0.384. The molecule has 2 aromatic heterocycles. The molecule has 2 aromatic carbocycles. The molecule has 3 heterocycles. The van der Waals surface area contributed by atoms with Crippen molar-refractivity contribution in [3.8, 4) is 11.1 Å². The molecule has 150 valence electrons. The van der Waals surface area contributed by atoms with E-state index >= 15 is 0 Å². The normalized spacial score (nSPS) is 14.8. The van der Waals surface area contributed by atoms with Crippen LogP contribution in [0.1, 0.15) is 17.8 Å². The van der Waals surface area contributed by atoms with Crippen LogP contribution in [0.2, 0.25) is 0 Å². The number of aromatic amines is 1. The van der Waals surface area contributed by atoms with E-state index in [1.165, 1.54) is 34.6 Å². The Hall–Kier alpha value is -3.09. The molecule has 0 unspecified atom stereocenters. The van der Waals surface area contributed by atoms with E-state index in [-0.39, 0.29) is 11.4 Å². The monoisotopic (exact) mass is 417 g/mol. The topological polar surface area (TPSA) is 49.0 Å². The van der Waals surface area contributed by atoms with E-state index in [2.05, 4.69) is 40.2 Å². The van der Waals surface area contributed by atoms with Gasteiger partial charge in [-0.15, -0.1) is 11.3 Å². The molecule has 4 nitrogen and oxygen atoms in total. The summed E-state index contributed by atoms with van der Waals surface area (Å²) >= 11 is 1.45. The molecule has 4 aromatic rings. The van der Waals surface area contributed by atoms with E-state index in [0.29, 0.717) is 22.6 Å². The number of hydrogen-bond donors (Lipinski definition) is 1. The first-order chi connectivity index (χ1) is 14.7. The smallest absolute Gasteiger partial charge is 0.260 e. The van der Waals surface area contributed by atoms with Crippen LogP contribution < -0.4 is 5.56 Å². The molecule has 0 fully saturated rings. The Bertz CT molecular complexity index is 1280. The Morgan fingerprint density at radius 1 is 1.07 bits per heavy atom. The zero-order valence-corrected chi connectivity index (χ0v) is 17.1. The van der Waals surface area contributed by atoms with Crippen molar-refractivity contribution >= 4 is 27.1 Å². The molecule has 0 spiro atoms. The minimum absolute atomic E-state index is 0.145. The number of benzene rings is 2. The fourth-order valence-corrected chi connectivity index (χ4v) is 4.86. The summed E-state index contributed by atoms with van der Waals surface area (Å²) in [6.45, 7) is 2.36. The van der Waals surface area contributed by atoms with Crippen LogP contribution in [0.3, 0.4) is 0 Å². The summed E-state index contributed by atoms with van der Waals surface area (Å²) in [5.41, 5.74) is 4.11. The van der Waals surface area contributed by atoms with Crippen LogP contribution in [0, 0.1) is 5.82 Å².